The number of hydrogen-bond acceptors (Lipinski definition) is 8. The van der Waals surface area contributed by atoms with Crippen molar-refractivity contribution in [1.29, 1.82) is 0 Å². The Kier molecular flexibility index (Phi) is 9.83. The van der Waals surface area contributed by atoms with Gasteiger partial charge in [0.1, 0.15) is 6.26 Å². The zero-order valence-electron chi connectivity index (χ0n) is 23.5. The zero-order chi connectivity index (χ0) is 27.7. The van der Waals surface area contributed by atoms with Gasteiger partial charge in [-0.1, -0.05) is 55.5 Å². The molecule has 2 aliphatic heterocycles. The number of aliphatic hydroxyl groups excluding tert-OH is 1. The number of ether oxygens (including phenoxy) is 1. The second-order valence-corrected chi connectivity index (χ2v) is 10.6. The molecule has 9 nitrogen and oxygen atoms in total. The lowest BCUT2D eigenvalue weighted by Gasteiger charge is -2.36. The summed E-state index contributed by atoms with van der Waals surface area (Å²) in [6, 6.07) is 18.5. The molecule has 1 N–H and O–H groups in total. The normalized spacial score (nSPS) is 17.8. The highest BCUT2D eigenvalue weighted by Gasteiger charge is 2.26. The molecule has 9 heteroatoms. The highest BCUT2D eigenvalue weighted by molar-refractivity contribution is 5.92. The quantitative estimate of drug-likeness (QED) is 0.392. The van der Waals surface area contributed by atoms with Gasteiger partial charge in [-0.2, -0.15) is 0 Å². The number of aliphatic hydroxyl groups is 1. The number of hydrogen-bond donors (Lipinski definition) is 1. The van der Waals surface area contributed by atoms with Crippen molar-refractivity contribution >= 4 is 11.6 Å². The third-order valence-corrected chi connectivity index (χ3v) is 7.77. The van der Waals surface area contributed by atoms with E-state index in [9.17, 15) is 9.90 Å². The Labute approximate surface area is 236 Å². The second kappa shape index (κ2) is 13.9. The van der Waals surface area contributed by atoms with Gasteiger partial charge in [-0.05, 0) is 23.6 Å². The fourth-order valence-electron chi connectivity index (χ4n) is 5.47. The summed E-state index contributed by atoms with van der Waals surface area (Å²) in [6.45, 7) is 10.6. The van der Waals surface area contributed by atoms with Gasteiger partial charge in [-0.25, -0.2) is 4.98 Å². The van der Waals surface area contributed by atoms with Gasteiger partial charge < -0.3 is 24.1 Å². The van der Waals surface area contributed by atoms with Crippen molar-refractivity contribution in [3.63, 3.8) is 0 Å². The first-order chi connectivity index (χ1) is 19.6. The molecule has 0 unspecified atom stereocenters. The van der Waals surface area contributed by atoms with Crippen LogP contribution in [0.2, 0.25) is 0 Å². The number of β-amino-alcohol motifs (C(OH)–C–C–N with tert-alkyl or cyclic N) is 1. The van der Waals surface area contributed by atoms with Gasteiger partial charge in [0, 0.05) is 64.6 Å². The SMILES string of the molecule is CCc1ccccc1N1CCN(C(=O)c2coc(CN3CCN(C[C@@H](O)COCc4ccccc4)CC3)n2)CC1. The average molecular weight is 548 g/mol. The number of rotatable bonds is 11. The Morgan fingerprint density at radius 2 is 1.65 bits per heavy atom. The van der Waals surface area contributed by atoms with Gasteiger partial charge in [0.05, 0.1) is 25.9 Å². The average Bonchev–Trinajstić information content (AvgIpc) is 3.47. The lowest BCUT2D eigenvalue weighted by atomic mass is 10.1. The third kappa shape index (κ3) is 7.48. The Morgan fingerprint density at radius 1 is 0.950 bits per heavy atom. The van der Waals surface area contributed by atoms with E-state index in [1.54, 1.807) is 0 Å². The molecule has 0 spiro atoms. The molecule has 2 fully saturated rings. The van der Waals surface area contributed by atoms with Crippen LogP contribution in [0.1, 0.15) is 34.4 Å². The molecule has 2 aromatic carbocycles. The van der Waals surface area contributed by atoms with Crippen molar-refractivity contribution in [2.24, 2.45) is 0 Å². The predicted octanol–water partition coefficient (Wildman–Crippen LogP) is 2.89. The second-order valence-electron chi connectivity index (χ2n) is 10.6. The van der Waals surface area contributed by atoms with Crippen LogP contribution in [0.4, 0.5) is 5.69 Å². The van der Waals surface area contributed by atoms with Crippen LogP contribution in [0.25, 0.3) is 0 Å². The molecule has 3 heterocycles. The van der Waals surface area contributed by atoms with Crippen LogP contribution in [0.5, 0.6) is 0 Å². The summed E-state index contributed by atoms with van der Waals surface area (Å²) in [5, 5.41) is 10.4. The van der Waals surface area contributed by atoms with E-state index in [0.717, 1.165) is 51.3 Å². The summed E-state index contributed by atoms with van der Waals surface area (Å²) in [6.07, 6.45) is 1.98. The monoisotopic (exact) mass is 547 g/mol. The van der Waals surface area contributed by atoms with E-state index in [1.165, 1.54) is 17.5 Å². The molecule has 1 atom stereocenters. The molecule has 0 radical (unpaired) electrons. The molecule has 5 rings (SSSR count). The van der Waals surface area contributed by atoms with E-state index >= 15 is 0 Å². The smallest absolute Gasteiger partial charge is 0.275 e. The molecule has 1 aromatic heterocycles. The van der Waals surface area contributed by atoms with Gasteiger partial charge in [0.2, 0.25) is 5.89 Å². The molecular weight excluding hydrogens is 506 g/mol. The van der Waals surface area contributed by atoms with E-state index in [0.29, 0.717) is 51.0 Å². The number of benzene rings is 2. The summed E-state index contributed by atoms with van der Waals surface area (Å²) in [5.74, 6) is 0.508. The van der Waals surface area contributed by atoms with Gasteiger partial charge in [0.15, 0.2) is 5.69 Å². The number of carbonyl (C=O) groups excluding carboxylic acids is 1. The van der Waals surface area contributed by atoms with E-state index < -0.39 is 6.10 Å². The predicted molar refractivity (Wildman–Crippen MR) is 154 cm³/mol. The van der Waals surface area contributed by atoms with Crippen molar-refractivity contribution in [3.8, 4) is 0 Å². The fourth-order valence-corrected chi connectivity index (χ4v) is 5.47. The number of anilines is 1. The van der Waals surface area contributed by atoms with Crippen LogP contribution in [-0.2, 0) is 24.3 Å². The number of nitrogens with zero attached hydrogens (tertiary/aromatic N) is 5. The number of aryl methyl sites for hydroxylation is 1. The topological polar surface area (TPSA) is 85.5 Å². The number of piperazine rings is 2. The first-order valence-corrected chi connectivity index (χ1v) is 14.4. The molecule has 40 heavy (non-hydrogen) atoms. The molecule has 0 bridgehead atoms. The van der Waals surface area contributed by atoms with Crippen LogP contribution < -0.4 is 4.90 Å². The van der Waals surface area contributed by atoms with Crippen molar-refractivity contribution in [1.82, 2.24) is 19.7 Å². The molecule has 0 saturated carbocycles. The molecule has 2 saturated heterocycles. The molecule has 2 aliphatic rings. The standard InChI is InChI=1S/C31H41N5O4/c1-2-26-10-6-7-11-29(26)35-16-18-36(19-17-35)31(38)28-24-40-30(32-28)21-34-14-12-33(13-15-34)20-27(37)23-39-22-25-8-4-3-5-9-25/h3-11,24,27,37H,2,12-23H2,1H3/t27-/m1/s1. The summed E-state index contributed by atoms with van der Waals surface area (Å²) >= 11 is 0. The van der Waals surface area contributed by atoms with Crippen LogP contribution in [-0.4, -0.2) is 102 Å². The molecule has 3 aromatic rings. The summed E-state index contributed by atoms with van der Waals surface area (Å²) in [5.41, 5.74) is 4.10. The summed E-state index contributed by atoms with van der Waals surface area (Å²) in [4.78, 5) is 26.4. The highest BCUT2D eigenvalue weighted by atomic mass is 16.5. The van der Waals surface area contributed by atoms with Crippen LogP contribution in [0.3, 0.4) is 0 Å². The van der Waals surface area contributed by atoms with Gasteiger partial charge in [0.25, 0.3) is 5.91 Å². The van der Waals surface area contributed by atoms with E-state index in [4.69, 9.17) is 9.15 Å². The minimum Gasteiger partial charge on any atom is -0.447 e. The Hall–Kier alpha value is -3.24. The Bertz CT molecular complexity index is 1200. The molecule has 1 amide bonds. The van der Waals surface area contributed by atoms with Crippen molar-refractivity contribution in [2.75, 3.05) is 70.4 Å². The highest BCUT2D eigenvalue weighted by Crippen LogP contribution is 2.23. The third-order valence-electron chi connectivity index (χ3n) is 7.77. The van der Waals surface area contributed by atoms with Crippen LogP contribution in [0.15, 0.2) is 65.3 Å². The number of amides is 1. The van der Waals surface area contributed by atoms with Gasteiger partial charge in [-0.15, -0.1) is 0 Å². The minimum absolute atomic E-state index is 0.0632. The maximum absolute atomic E-state index is 13.1. The van der Waals surface area contributed by atoms with E-state index in [-0.39, 0.29) is 5.91 Å². The lowest BCUT2D eigenvalue weighted by molar-refractivity contribution is 0.000371. The lowest BCUT2D eigenvalue weighted by Crippen LogP contribution is -2.49. The maximum Gasteiger partial charge on any atom is 0.275 e. The minimum atomic E-state index is -0.515. The molecule has 214 valence electrons. The Morgan fingerprint density at radius 3 is 2.40 bits per heavy atom. The van der Waals surface area contributed by atoms with Crippen molar-refractivity contribution in [3.05, 3.63) is 83.6 Å². The van der Waals surface area contributed by atoms with Crippen molar-refractivity contribution in [2.45, 2.75) is 32.6 Å². The number of para-hydroxylation sites is 1. The largest absolute Gasteiger partial charge is 0.447 e. The first kappa shape index (κ1) is 28.3. The van der Waals surface area contributed by atoms with Crippen LogP contribution in [0, 0.1) is 0 Å². The number of aromatic nitrogens is 1. The van der Waals surface area contributed by atoms with E-state index in [1.807, 2.05) is 35.2 Å². The number of oxazole rings is 1. The van der Waals surface area contributed by atoms with Crippen molar-refractivity contribution < 1.29 is 19.1 Å². The first-order valence-electron chi connectivity index (χ1n) is 14.4. The molecule has 0 aliphatic carbocycles. The Balaban J connectivity index is 1.02. The molecular formula is C31H41N5O4. The van der Waals surface area contributed by atoms with Gasteiger partial charge in [-0.3, -0.25) is 14.6 Å². The van der Waals surface area contributed by atoms with Gasteiger partial charge >= 0.3 is 0 Å². The zero-order valence-corrected chi connectivity index (χ0v) is 23.5. The van der Waals surface area contributed by atoms with E-state index in [2.05, 4.69) is 50.9 Å². The van der Waals surface area contributed by atoms with Crippen LogP contribution >= 0.6 is 0 Å². The fraction of sp³-hybridized carbons (Fsp3) is 0.484. The maximum atomic E-state index is 13.1. The number of carbonyl (C=O) groups is 1. The summed E-state index contributed by atoms with van der Waals surface area (Å²) in [7, 11) is 0. The summed E-state index contributed by atoms with van der Waals surface area (Å²) < 4.78 is 11.4.